The normalized spacial score (nSPS) is 35.7. The van der Waals surface area contributed by atoms with E-state index in [0.717, 1.165) is 44.9 Å². The summed E-state index contributed by atoms with van der Waals surface area (Å²) >= 11 is 13.0. The van der Waals surface area contributed by atoms with Gasteiger partial charge in [-0.2, -0.15) is 0 Å². The first-order valence-electron chi connectivity index (χ1n) is 14.7. The molecule has 39 heavy (non-hydrogen) atoms. The lowest BCUT2D eigenvalue weighted by molar-refractivity contribution is -0.173. The molecule has 7 nitrogen and oxygen atoms in total. The third-order valence-electron chi connectivity index (χ3n) is 9.78. The molecule has 224 valence electrons. The minimum Gasteiger partial charge on any atom is -0.480 e. The Hall–Kier alpha value is -1.05. The van der Waals surface area contributed by atoms with E-state index >= 15 is 0 Å². The summed E-state index contributed by atoms with van der Waals surface area (Å²) in [6, 6.07) is -0.958. The fourth-order valence-electron chi connectivity index (χ4n) is 6.70. The molecule has 0 aromatic carbocycles. The lowest BCUT2D eigenvalue weighted by Gasteiger charge is -2.40. The van der Waals surface area contributed by atoms with Gasteiger partial charge >= 0.3 is 11.9 Å². The van der Waals surface area contributed by atoms with Crippen LogP contribution in [0.3, 0.4) is 0 Å². The van der Waals surface area contributed by atoms with Crippen molar-refractivity contribution < 1.29 is 29.0 Å². The van der Waals surface area contributed by atoms with Crippen LogP contribution >= 0.6 is 23.2 Å². The highest BCUT2D eigenvalue weighted by atomic mass is 35.5. The number of nitrogens with one attached hydrogen (secondary N) is 1. The number of ether oxygens (including phenoxy) is 2. The summed E-state index contributed by atoms with van der Waals surface area (Å²) in [5, 5.41) is 12.9. The second-order valence-electron chi connectivity index (χ2n) is 13.9. The van der Waals surface area contributed by atoms with E-state index in [1.54, 1.807) is 0 Å². The molecule has 2 unspecified atom stereocenters. The molecule has 3 aliphatic rings. The fraction of sp³-hybridized carbons (Fsp3) is 0.900. The minimum absolute atomic E-state index is 0.0596. The third kappa shape index (κ3) is 7.82. The zero-order valence-corrected chi connectivity index (χ0v) is 26.1. The molecule has 3 rings (SSSR count). The van der Waals surface area contributed by atoms with Crippen LogP contribution in [0.4, 0.5) is 0 Å². The first kappa shape index (κ1) is 32.5. The van der Waals surface area contributed by atoms with Gasteiger partial charge in [0.1, 0.15) is 11.6 Å². The van der Waals surface area contributed by atoms with Gasteiger partial charge in [0.2, 0.25) is 5.91 Å². The highest BCUT2D eigenvalue weighted by molar-refractivity contribution is 6.24. The number of carbonyl (C=O) groups is 3. The summed E-state index contributed by atoms with van der Waals surface area (Å²) in [5.41, 5.74) is -2.13. The zero-order chi connectivity index (χ0) is 29.2. The van der Waals surface area contributed by atoms with E-state index in [0.29, 0.717) is 25.9 Å². The van der Waals surface area contributed by atoms with Gasteiger partial charge < -0.3 is 19.9 Å². The smallest absolute Gasteiger partial charge is 0.326 e. The summed E-state index contributed by atoms with van der Waals surface area (Å²) in [7, 11) is 0. The van der Waals surface area contributed by atoms with Crippen molar-refractivity contribution in [2.45, 2.75) is 134 Å². The Balaban J connectivity index is 1.52. The molecule has 0 heterocycles. The van der Waals surface area contributed by atoms with E-state index in [9.17, 15) is 19.5 Å². The SMILES string of the molecule is CC(C)(C)OC(=O)[C@]1(C)CC[C@H](C(=O)N[C@@H](CC2CCC(OCC3C(Cl)CCCC3Cl)CC2)C(=O)O)C1(C)C. The Morgan fingerprint density at radius 1 is 0.974 bits per heavy atom. The summed E-state index contributed by atoms with van der Waals surface area (Å²) in [5.74, 6) is -1.73. The second-order valence-corrected chi connectivity index (χ2v) is 15.0. The van der Waals surface area contributed by atoms with Crippen LogP contribution in [0.1, 0.15) is 106 Å². The van der Waals surface area contributed by atoms with E-state index in [2.05, 4.69) is 5.32 Å². The van der Waals surface area contributed by atoms with Crippen molar-refractivity contribution in [3.63, 3.8) is 0 Å². The fourth-order valence-corrected chi connectivity index (χ4v) is 7.57. The van der Waals surface area contributed by atoms with Gasteiger partial charge in [-0.25, -0.2) is 4.79 Å². The van der Waals surface area contributed by atoms with E-state index in [1.165, 1.54) is 0 Å². The van der Waals surface area contributed by atoms with Crippen molar-refractivity contribution in [2.24, 2.45) is 28.6 Å². The number of hydrogen-bond donors (Lipinski definition) is 2. The van der Waals surface area contributed by atoms with Crippen LogP contribution in [0.25, 0.3) is 0 Å². The molecular weight excluding hydrogens is 541 g/mol. The summed E-state index contributed by atoms with van der Waals surface area (Å²) in [4.78, 5) is 38.6. The van der Waals surface area contributed by atoms with Crippen molar-refractivity contribution in [3.8, 4) is 0 Å². The molecule has 0 aromatic heterocycles. The summed E-state index contributed by atoms with van der Waals surface area (Å²) < 4.78 is 11.9. The lowest BCUT2D eigenvalue weighted by atomic mass is 9.65. The van der Waals surface area contributed by atoms with Crippen molar-refractivity contribution in [1.29, 1.82) is 0 Å². The molecular formula is C30H49Cl2NO6. The number of aliphatic carboxylic acids is 1. The van der Waals surface area contributed by atoms with Gasteiger partial charge in [-0.1, -0.05) is 20.3 Å². The Morgan fingerprint density at radius 3 is 2.10 bits per heavy atom. The average Bonchev–Trinajstić information content (AvgIpc) is 3.07. The predicted octanol–water partition coefficient (Wildman–Crippen LogP) is 6.32. The molecule has 5 atom stereocenters. The number of carboxylic acid groups (broad SMARTS) is 1. The van der Waals surface area contributed by atoms with Crippen LogP contribution in [0.15, 0.2) is 0 Å². The van der Waals surface area contributed by atoms with Crippen LogP contribution in [-0.2, 0) is 23.9 Å². The molecule has 3 saturated carbocycles. The van der Waals surface area contributed by atoms with Gasteiger partial charge in [-0.15, -0.1) is 23.2 Å². The molecule has 9 heteroatoms. The average molecular weight is 591 g/mol. The van der Waals surface area contributed by atoms with Crippen molar-refractivity contribution in [2.75, 3.05) is 6.61 Å². The molecule has 0 aliphatic heterocycles. The number of amides is 1. The van der Waals surface area contributed by atoms with Gasteiger partial charge in [0.05, 0.1) is 18.1 Å². The number of esters is 1. The number of hydrogen-bond acceptors (Lipinski definition) is 5. The maximum atomic E-state index is 13.4. The highest BCUT2D eigenvalue weighted by Crippen LogP contribution is 2.57. The van der Waals surface area contributed by atoms with E-state index in [-0.39, 0.29) is 40.6 Å². The van der Waals surface area contributed by atoms with Crippen LogP contribution < -0.4 is 5.32 Å². The largest absolute Gasteiger partial charge is 0.480 e. The molecule has 0 spiro atoms. The van der Waals surface area contributed by atoms with Gasteiger partial charge in [0, 0.05) is 22.6 Å². The maximum Gasteiger partial charge on any atom is 0.326 e. The Kier molecular flexibility index (Phi) is 10.7. The van der Waals surface area contributed by atoms with Crippen LogP contribution in [0, 0.1) is 28.6 Å². The van der Waals surface area contributed by atoms with Crippen molar-refractivity contribution in [3.05, 3.63) is 0 Å². The van der Waals surface area contributed by atoms with Gasteiger partial charge in [0.15, 0.2) is 0 Å². The highest BCUT2D eigenvalue weighted by Gasteiger charge is 2.59. The summed E-state index contributed by atoms with van der Waals surface area (Å²) in [6.07, 6.45) is 8.01. The molecule has 0 radical (unpaired) electrons. The van der Waals surface area contributed by atoms with E-state index in [4.69, 9.17) is 32.7 Å². The topological polar surface area (TPSA) is 102 Å². The maximum absolute atomic E-state index is 13.4. The van der Waals surface area contributed by atoms with E-state index in [1.807, 2.05) is 41.5 Å². The van der Waals surface area contributed by atoms with Crippen molar-refractivity contribution in [1.82, 2.24) is 5.32 Å². The van der Waals surface area contributed by atoms with Crippen LogP contribution in [0.5, 0.6) is 0 Å². The van der Waals surface area contributed by atoms with Gasteiger partial charge in [-0.05, 0) is 96.8 Å². The Labute approximate surface area is 244 Å². The van der Waals surface area contributed by atoms with Crippen LogP contribution in [-0.4, -0.2) is 58.1 Å². The first-order chi connectivity index (χ1) is 18.0. The predicted molar refractivity (Wildman–Crippen MR) is 153 cm³/mol. The van der Waals surface area contributed by atoms with E-state index < -0.39 is 34.4 Å². The Morgan fingerprint density at radius 2 is 1.56 bits per heavy atom. The second kappa shape index (κ2) is 12.9. The molecule has 0 bridgehead atoms. The van der Waals surface area contributed by atoms with Crippen LogP contribution in [0.2, 0.25) is 0 Å². The number of carboxylic acids is 1. The number of carbonyl (C=O) groups excluding carboxylic acids is 2. The standard InChI is InChI=1S/C30H49Cl2NO6/c1-28(2,3)39-27(37)30(6)15-14-21(29(30,4)5)25(34)33-24(26(35)36)16-18-10-12-19(13-11-18)38-17-20-22(31)8-7-9-23(20)32/h18-24H,7-17H2,1-6H3,(H,33,34)(H,35,36)/t18?,19?,20?,21-,22?,23?,24+,30+/m1/s1. The summed E-state index contributed by atoms with van der Waals surface area (Å²) in [6.45, 7) is 11.8. The molecule has 1 amide bonds. The first-order valence-corrected chi connectivity index (χ1v) is 15.6. The quantitative estimate of drug-likeness (QED) is 0.241. The van der Waals surface area contributed by atoms with Crippen molar-refractivity contribution >= 4 is 41.0 Å². The lowest BCUT2D eigenvalue weighted by Crippen LogP contribution is -2.50. The van der Waals surface area contributed by atoms with Gasteiger partial charge in [0.25, 0.3) is 0 Å². The molecule has 0 saturated heterocycles. The number of halogens is 2. The molecule has 3 aliphatic carbocycles. The number of alkyl halides is 2. The van der Waals surface area contributed by atoms with Gasteiger partial charge in [-0.3, -0.25) is 9.59 Å². The molecule has 2 N–H and O–H groups in total. The Bertz CT molecular complexity index is 871. The number of rotatable bonds is 9. The molecule has 3 fully saturated rings. The molecule has 0 aromatic rings. The minimum atomic E-state index is -1.02. The third-order valence-corrected chi connectivity index (χ3v) is 10.9. The zero-order valence-electron chi connectivity index (χ0n) is 24.6. The monoisotopic (exact) mass is 589 g/mol.